The first-order chi connectivity index (χ1) is 15.3. The molecule has 0 aliphatic rings. The van der Waals surface area contributed by atoms with Crippen molar-refractivity contribution in [2.75, 3.05) is 0 Å². The standard InChI is InChI=1S/C25H23NO6/c1-13(2)23(24(28)29)26-22(27)10-17-14(3)16-9-18-19(15-7-5-4-6-8-15)12-31-20(18)11-21(16)32-25(17)30/h4-9,11-13,23H,10H2,1-3H3,(H,26,27)(H,28,29)/t23-/m1/s1. The molecule has 4 aromatic rings. The van der Waals surface area contributed by atoms with Gasteiger partial charge >= 0.3 is 11.6 Å². The summed E-state index contributed by atoms with van der Waals surface area (Å²) >= 11 is 0. The second kappa shape index (κ2) is 8.34. The van der Waals surface area contributed by atoms with E-state index in [-0.39, 0.29) is 17.9 Å². The van der Waals surface area contributed by atoms with E-state index in [9.17, 15) is 19.5 Å². The summed E-state index contributed by atoms with van der Waals surface area (Å²) in [5.41, 5.74) is 3.05. The van der Waals surface area contributed by atoms with Gasteiger partial charge in [0.05, 0.1) is 18.2 Å². The van der Waals surface area contributed by atoms with Gasteiger partial charge < -0.3 is 19.3 Å². The van der Waals surface area contributed by atoms with E-state index in [0.717, 1.165) is 16.5 Å². The second-order valence-electron chi connectivity index (χ2n) is 8.16. The van der Waals surface area contributed by atoms with Gasteiger partial charge in [0.15, 0.2) is 0 Å². The molecule has 0 saturated carbocycles. The Balaban J connectivity index is 1.76. The third-order valence-corrected chi connectivity index (χ3v) is 5.65. The van der Waals surface area contributed by atoms with Crippen molar-refractivity contribution >= 4 is 33.8 Å². The monoisotopic (exact) mass is 433 g/mol. The molecular formula is C25H23NO6. The summed E-state index contributed by atoms with van der Waals surface area (Å²) in [6, 6.07) is 12.3. The molecule has 0 unspecified atom stereocenters. The van der Waals surface area contributed by atoms with Gasteiger partial charge in [0.2, 0.25) is 5.91 Å². The highest BCUT2D eigenvalue weighted by atomic mass is 16.4. The van der Waals surface area contributed by atoms with Gasteiger partial charge in [0.25, 0.3) is 0 Å². The summed E-state index contributed by atoms with van der Waals surface area (Å²) in [4.78, 5) is 36.5. The number of amides is 1. The number of carbonyl (C=O) groups excluding carboxylic acids is 1. The molecule has 1 amide bonds. The number of carboxylic acids is 1. The molecular weight excluding hydrogens is 410 g/mol. The van der Waals surface area contributed by atoms with Gasteiger partial charge in [-0.05, 0) is 30.0 Å². The average Bonchev–Trinajstić information content (AvgIpc) is 3.17. The first kappa shape index (κ1) is 21.4. The molecule has 2 aromatic heterocycles. The van der Waals surface area contributed by atoms with Crippen LogP contribution in [0.4, 0.5) is 0 Å². The van der Waals surface area contributed by atoms with Crippen LogP contribution in [0.3, 0.4) is 0 Å². The number of carboxylic acid groups (broad SMARTS) is 1. The van der Waals surface area contributed by atoms with Crippen molar-refractivity contribution in [1.82, 2.24) is 5.32 Å². The molecule has 0 aliphatic carbocycles. The van der Waals surface area contributed by atoms with Crippen molar-refractivity contribution < 1.29 is 23.5 Å². The van der Waals surface area contributed by atoms with Crippen LogP contribution in [0.5, 0.6) is 0 Å². The Morgan fingerprint density at radius 3 is 2.44 bits per heavy atom. The van der Waals surface area contributed by atoms with Crippen LogP contribution in [0.1, 0.15) is 25.0 Å². The topological polar surface area (TPSA) is 110 Å². The number of rotatable bonds is 6. The van der Waals surface area contributed by atoms with E-state index in [4.69, 9.17) is 8.83 Å². The summed E-state index contributed by atoms with van der Waals surface area (Å²) in [6.07, 6.45) is 1.40. The van der Waals surface area contributed by atoms with Crippen LogP contribution in [-0.4, -0.2) is 23.0 Å². The molecule has 0 spiro atoms. The molecule has 0 bridgehead atoms. The Kier molecular flexibility index (Phi) is 5.57. The van der Waals surface area contributed by atoms with Gasteiger partial charge in [-0.3, -0.25) is 4.79 Å². The van der Waals surface area contributed by atoms with Crippen LogP contribution >= 0.6 is 0 Å². The van der Waals surface area contributed by atoms with Crippen molar-refractivity contribution in [3.05, 3.63) is 70.3 Å². The number of aliphatic carboxylic acids is 1. The molecule has 0 saturated heterocycles. The number of carbonyl (C=O) groups is 2. The van der Waals surface area contributed by atoms with Crippen molar-refractivity contribution in [3.63, 3.8) is 0 Å². The smallest absolute Gasteiger partial charge is 0.340 e. The Bertz CT molecular complexity index is 1380. The lowest BCUT2D eigenvalue weighted by Crippen LogP contribution is -2.45. The normalized spacial score (nSPS) is 12.4. The lowest BCUT2D eigenvalue weighted by Gasteiger charge is -2.18. The maximum atomic E-state index is 12.6. The van der Waals surface area contributed by atoms with Crippen molar-refractivity contribution in [2.45, 2.75) is 33.2 Å². The quantitative estimate of drug-likeness (QED) is 0.439. The number of fused-ring (bicyclic) bond motifs is 2. The highest BCUT2D eigenvalue weighted by Crippen LogP contribution is 2.34. The van der Waals surface area contributed by atoms with Crippen LogP contribution in [0.15, 0.2) is 62.4 Å². The average molecular weight is 433 g/mol. The lowest BCUT2D eigenvalue weighted by atomic mass is 9.99. The minimum atomic E-state index is -1.12. The van der Waals surface area contributed by atoms with E-state index in [1.54, 1.807) is 33.1 Å². The number of hydrogen-bond acceptors (Lipinski definition) is 5. The zero-order chi connectivity index (χ0) is 23.0. The Morgan fingerprint density at radius 2 is 1.78 bits per heavy atom. The fraction of sp³-hybridized carbons (Fsp3) is 0.240. The number of benzene rings is 2. The van der Waals surface area contributed by atoms with Gasteiger partial charge in [-0.1, -0.05) is 44.2 Å². The summed E-state index contributed by atoms with van der Waals surface area (Å²) in [6.45, 7) is 5.16. The molecule has 2 N–H and O–H groups in total. The largest absolute Gasteiger partial charge is 0.480 e. The maximum Gasteiger partial charge on any atom is 0.340 e. The van der Waals surface area contributed by atoms with Crippen LogP contribution < -0.4 is 10.9 Å². The zero-order valence-electron chi connectivity index (χ0n) is 18.0. The molecule has 7 heteroatoms. The first-order valence-corrected chi connectivity index (χ1v) is 10.3. The minimum absolute atomic E-state index is 0.201. The van der Waals surface area contributed by atoms with E-state index in [0.29, 0.717) is 22.1 Å². The van der Waals surface area contributed by atoms with E-state index in [1.165, 1.54) is 0 Å². The van der Waals surface area contributed by atoms with E-state index in [1.807, 2.05) is 36.4 Å². The fourth-order valence-corrected chi connectivity index (χ4v) is 3.85. The number of hydrogen-bond donors (Lipinski definition) is 2. The molecule has 7 nitrogen and oxygen atoms in total. The van der Waals surface area contributed by atoms with Crippen molar-refractivity contribution in [1.29, 1.82) is 0 Å². The van der Waals surface area contributed by atoms with Gasteiger partial charge in [0.1, 0.15) is 17.2 Å². The fourth-order valence-electron chi connectivity index (χ4n) is 3.85. The predicted octanol–water partition coefficient (Wildman–Crippen LogP) is 4.28. The highest BCUT2D eigenvalue weighted by Gasteiger charge is 2.25. The number of nitrogens with one attached hydrogen (secondary N) is 1. The molecule has 0 aliphatic heterocycles. The van der Waals surface area contributed by atoms with E-state index in [2.05, 4.69) is 5.32 Å². The van der Waals surface area contributed by atoms with Crippen LogP contribution in [-0.2, 0) is 16.0 Å². The number of aryl methyl sites for hydroxylation is 1. The van der Waals surface area contributed by atoms with Crippen LogP contribution in [0.2, 0.25) is 0 Å². The summed E-state index contributed by atoms with van der Waals surface area (Å²) < 4.78 is 11.2. The molecule has 164 valence electrons. The molecule has 32 heavy (non-hydrogen) atoms. The van der Waals surface area contributed by atoms with Crippen LogP contribution in [0, 0.1) is 12.8 Å². The number of furan rings is 1. The minimum Gasteiger partial charge on any atom is -0.480 e. The highest BCUT2D eigenvalue weighted by molar-refractivity contribution is 6.02. The molecule has 1 atom stereocenters. The Hall–Kier alpha value is -3.87. The third-order valence-electron chi connectivity index (χ3n) is 5.65. The van der Waals surface area contributed by atoms with Crippen molar-refractivity contribution in [3.8, 4) is 11.1 Å². The molecule has 2 aromatic carbocycles. The molecule has 0 fully saturated rings. The summed E-state index contributed by atoms with van der Waals surface area (Å²) in [7, 11) is 0. The van der Waals surface area contributed by atoms with Crippen molar-refractivity contribution in [2.24, 2.45) is 5.92 Å². The van der Waals surface area contributed by atoms with Crippen LogP contribution in [0.25, 0.3) is 33.1 Å². The van der Waals surface area contributed by atoms with E-state index >= 15 is 0 Å². The van der Waals surface area contributed by atoms with Gasteiger partial charge in [-0.2, -0.15) is 0 Å². The molecule has 0 radical (unpaired) electrons. The second-order valence-corrected chi connectivity index (χ2v) is 8.16. The Labute approximate surface area is 183 Å². The Morgan fingerprint density at radius 1 is 1.06 bits per heavy atom. The summed E-state index contributed by atoms with van der Waals surface area (Å²) in [5.74, 6) is -1.96. The maximum absolute atomic E-state index is 12.6. The first-order valence-electron chi connectivity index (χ1n) is 10.3. The van der Waals surface area contributed by atoms with Gasteiger partial charge in [-0.15, -0.1) is 0 Å². The predicted molar refractivity (Wildman–Crippen MR) is 121 cm³/mol. The third kappa shape index (κ3) is 3.89. The van der Waals surface area contributed by atoms with Gasteiger partial charge in [-0.25, -0.2) is 9.59 Å². The van der Waals surface area contributed by atoms with Gasteiger partial charge in [0, 0.05) is 22.4 Å². The van der Waals surface area contributed by atoms with E-state index < -0.39 is 23.5 Å². The summed E-state index contributed by atoms with van der Waals surface area (Å²) in [5, 5.41) is 13.3. The SMILES string of the molecule is Cc1c(CC(=O)N[C@@H](C(=O)O)C(C)C)c(=O)oc2cc3occ(-c4ccccc4)c3cc12. The molecule has 2 heterocycles. The zero-order valence-corrected chi connectivity index (χ0v) is 18.0. The molecule has 4 rings (SSSR count). The lowest BCUT2D eigenvalue weighted by molar-refractivity contribution is -0.143.